The normalized spacial score (nSPS) is 43.3. The molecule has 1 spiro atoms. The van der Waals surface area contributed by atoms with Crippen LogP contribution in [0.4, 0.5) is 0 Å². The Bertz CT molecular complexity index is 92.7. The van der Waals surface area contributed by atoms with Gasteiger partial charge in [-0.3, -0.25) is 0 Å². The maximum absolute atomic E-state index is 8.92. The van der Waals surface area contributed by atoms with Gasteiger partial charge in [-0.2, -0.15) is 11.8 Å². The quantitative estimate of drug-likeness (QED) is 0.497. The van der Waals surface area contributed by atoms with E-state index in [-0.39, 0.29) is 6.10 Å². The number of aliphatic hydroxyl groups is 1. The Morgan fingerprint density at radius 1 is 1.57 bits per heavy atom. The molecule has 0 amide bonds. The highest BCUT2D eigenvalue weighted by Gasteiger charge is 2.57. The van der Waals surface area contributed by atoms with Gasteiger partial charge in [-0.25, -0.2) is 0 Å². The minimum absolute atomic E-state index is 0.0775. The Labute approximate surface area is 47.1 Å². The first-order valence-corrected chi connectivity index (χ1v) is 3.75. The highest BCUT2D eigenvalue weighted by Crippen LogP contribution is 2.57. The van der Waals surface area contributed by atoms with Crippen molar-refractivity contribution < 1.29 is 5.11 Å². The van der Waals surface area contributed by atoms with Crippen LogP contribution < -0.4 is 0 Å². The van der Waals surface area contributed by atoms with Crippen LogP contribution in [0.5, 0.6) is 0 Å². The van der Waals surface area contributed by atoms with Crippen molar-refractivity contribution in [2.45, 2.75) is 12.5 Å². The van der Waals surface area contributed by atoms with E-state index in [4.69, 9.17) is 5.11 Å². The van der Waals surface area contributed by atoms with Crippen molar-refractivity contribution in [3.8, 4) is 0 Å². The number of rotatable bonds is 0. The van der Waals surface area contributed by atoms with E-state index < -0.39 is 0 Å². The first-order chi connectivity index (χ1) is 3.33. The van der Waals surface area contributed by atoms with Gasteiger partial charge in [0.25, 0.3) is 0 Å². The first-order valence-electron chi connectivity index (χ1n) is 2.59. The molecule has 2 rings (SSSR count). The SMILES string of the molecule is OC1CC12CSC2. The molecule has 1 atom stereocenters. The van der Waals surface area contributed by atoms with Gasteiger partial charge >= 0.3 is 0 Å². The molecular weight excluding hydrogens is 108 g/mol. The second kappa shape index (κ2) is 1.00. The lowest BCUT2D eigenvalue weighted by atomic mass is 10.2. The van der Waals surface area contributed by atoms with E-state index in [1.165, 1.54) is 11.5 Å². The minimum Gasteiger partial charge on any atom is -0.392 e. The molecule has 0 radical (unpaired) electrons. The summed E-state index contributed by atoms with van der Waals surface area (Å²) in [7, 11) is 0. The van der Waals surface area contributed by atoms with Gasteiger partial charge in [-0.15, -0.1) is 0 Å². The van der Waals surface area contributed by atoms with Crippen molar-refractivity contribution in [2.24, 2.45) is 5.41 Å². The lowest BCUT2D eigenvalue weighted by Gasteiger charge is -2.23. The fourth-order valence-electron chi connectivity index (χ4n) is 1.00. The predicted molar refractivity (Wildman–Crippen MR) is 30.4 cm³/mol. The van der Waals surface area contributed by atoms with Gasteiger partial charge in [-0.05, 0) is 6.42 Å². The molecule has 0 aromatic heterocycles. The van der Waals surface area contributed by atoms with E-state index in [0.717, 1.165) is 6.42 Å². The van der Waals surface area contributed by atoms with Crippen LogP contribution in [-0.4, -0.2) is 22.7 Å². The Kier molecular flexibility index (Phi) is 0.605. The molecule has 2 aliphatic rings. The van der Waals surface area contributed by atoms with Crippen LogP contribution in [0.25, 0.3) is 0 Å². The maximum atomic E-state index is 8.92. The summed E-state index contributed by atoms with van der Waals surface area (Å²) < 4.78 is 0. The van der Waals surface area contributed by atoms with E-state index >= 15 is 0 Å². The van der Waals surface area contributed by atoms with Gasteiger partial charge in [0.15, 0.2) is 0 Å². The van der Waals surface area contributed by atoms with Crippen molar-refractivity contribution in [2.75, 3.05) is 11.5 Å². The molecule has 1 unspecified atom stereocenters. The summed E-state index contributed by atoms with van der Waals surface area (Å²) in [6.45, 7) is 0. The van der Waals surface area contributed by atoms with E-state index in [2.05, 4.69) is 0 Å². The van der Waals surface area contributed by atoms with E-state index in [1.807, 2.05) is 11.8 Å². The van der Waals surface area contributed by atoms with Crippen LogP contribution in [0.2, 0.25) is 0 Å². The third kappa shape index (κ3) is 0.391. The molecule has 40 valence electrons. The van der Waals surface area contributed by atoms with Gasteiger partial charge in [-0.1, -0.05) is 0 Å². The summed E-state index contributed by atoms with van der Waals surface area (Å²) in [5.41, 5.74) is 0.449. The lowest BCUT2D eigenvalue weighted by Crippen LogP contribution is -2.23. The van der Waals surface area contributed by atoms with E-state index in [9.17, 15) is 0 Å². The Hall–Kier alpha value is 0.310. The fourth-order valence-corrected chi connectivity index (χ4v) is 2.35. The van der Waals surface area contributed by atoms with Crippen molar-refractivity contribution in [3.05, 3.63) is 0 Å². The largest absolute Gasteiger partial charge is 0.392 e. The van der Waals surface area contributed by atoms with Crippen LogP contribution >= 0.6 is 11.8 Å². The van der Waals surface area contributed by atoms with Crippen molar-refractivity contribution >= 4 is 11.8 Å². The van der Waals surface area contributed by atoms with Crippen LogP contribution in [0.3, 0.4) is 0 Å². The van der Waals surface area contributed by atoms with Crippen LogP contribution in [0.1, 0.15) is 6.42 Å². The number of aliphatic hydroxyl groups excluding tert-OH is 1. The number of hydrogen-bond acceptors (Lipinski definition) is 2. The maximum Gasteiger partial charge on any atom is 0.0620 e. The Morgan fingerprint density at radius 3 is 2.14 bits per heavy atom. The Morgan fingerprint density at radius 2 is 2.14 bits per heavy atom. The molecule has 2 heteroatoms. The van der Waals surface area contributed by atoms with Crippen LogP contribution in [-0.2, 0) is 0 Å². The molecule has 0 aromatic carbocycles. The molecule has 1 saturated carbocycles. The summed E-state index contributed by atoms with van der Waals surface area (Å²) in [5, 5.41) is 8.92. The fraction of sp³-hybridized carbons (Fsp3) is 1.00. The lowest BCUT2D eigenvalue weighted by molar-refractivity contribution is 0.235. The zero-order valence-electron chi connectivity index (χ0n) is 4.05. The molecule has 1 heterocycles. The second-order valence-corrected chi connectivity index (χ2v) is 3.56. The number of hydrogen-bond donors (Lipinski definition) is 1. The molecule has 7 heavy (non-hydrogen) atoms. The number of thioether (sulfide) groups is 1. The second-order valence-electron chi connectivity index (χ2n) is 2.58. The topological polar surface area (TPSA) is 20.2 Å². The van der Waals surface area contributed by atoms with Gasteiger partial charge in [0, 0.05) is 16.9 Å². The predicted octanol–water partition coefficient (Wildman–Crippen LogP) is 0.484. The molecule has 2 fully saturated rings. The summed E-state index contributed by atoms with van der Waals surface area (Å²) in [4.78, 5) is 0. The van der Waals surface area contributed by atoms with E-state index in [0.29, 0.717) is 5.41 Å². The smallest absolute Gasteiger partial charge is 0.0620 e. The van der Waals surface area contributed by atoms with Gasteiger partial charge in [0.2, 0.25) is 0 Å². The third-order valence-corrected chi connectivity index (χ3v) is 3.48. The van der Waals surface area contributed by atoms with Gasteiger partial charge in [0.1, 0.15) is 0 Å². The zero-order chi connectivity index (χ0) is 4.91. The van der Waals surface area contributed by atoms with Gasteiger partial charge in [0.05, 0.1) is 6.10 Å². The van der Waals surface area contributed by atoms with Gasteiger partial charge < -0.3 is 5.11 Å². The molecule has 0 bridgehead atoms. The monoisotopic (exact) mass is 116 g/mol. The first kappa shape index (κ1) is 4.21. The van der Waals surface area contributed by atoms with E-state index in [1.54, 1.807) is 0 Å². The summed E-state index contributed by atoms with van der Waals surface area (Å²) in [6.07, 6.45) is 1.16. The average molecular weight is 116 g/mol. The molecule has 1 nitrogen and oxygen atoms in total. The van der Waals surface area contributed by atoms with Crippen molar-refractivity contribution in [1.82, 2.24) is 0 Å². The molecule has 1 N–H and O–H groups in total. The van der Waals surface area contributed by atoms with Crippen molar-refractivity contribution in [3.63, 3.8) is 0 Å². The van der Waals surface area contributed by atoms with Crippen LogP contribution in [0, 0.1) is 5.41 Å². The molecular formula is C5H8OS. The average Bonchev–Trinajstić information content (AvgIpc) is 2.10. The third-order valence-electron chi connectivity index (χ3n) is 1.93. The molecule has 1 aliphatic heterocycles. The molecule has 1 aliphatic carbocycles. The molecule has 1 saturated heterocycles. The minimum atomic E-state index is 0.0775. The highest BCUT2D eigenvalue weighted by molar-refractivity contribution is 8.00. The summed E-state index contributed by atoms with van der Waals surface area (Å²) >= 11 is 1.95. The molecule has 0 aromatic rings. The van der Waals surface area contributed by atoms with Crippen LogP contribution in [0.15, 0.2) is 0 Å². The summed E-state index contributed by atoms with van der Waals surface area (Å²) in [5.74, 6) is 2.43. The highest BCUT2D eigenvalue weighted by atomic mass is 32.2. The zero-order valence-corrected chi connectivity index (χ0v) is 4.87. The summed E-state index contributed by atoms with van der Waals surface area (Å²) in [6, 6.07) is 0. The van der Waals surface area contributed by atoms with Crippen molar-refractivity contribution in [1.29, 1.82) is 0 Å². The standard InChI is InChI=1S/C5H8OS/c6-4-1-5(4)2-7-3-5/h4,6H,1-3H2. The Balaban J connectivity index is 2.05.